The van der Waals surface area contributed by atoms with Gasteiger partial charge in [-0.1, -0.05) is 45.2 Å². The van der Waals surface area contributed by atoms with Crippen molar-refractivity contribution in [2.75, 3.05) is 12.3 Å². The van der Waals surface area contributed by atoms with Crippen LogP contribution in [0.5, 0.6) is 0 Å². The minimum Gasteiger partial charge on any atom is -0.369 e. The number of carbonyl (C=O) groups excluding carboxylic acids is 2. The maximum atomic E-state index is 12.4. The molecule has 4 nitrogen and oxygen atoms in total. The number of primary amides is 1. The summed E-state index contributed by atoms with van der Waals surface area (Å²) in [5.41, 5.74) is 5.78. The second-order valence-corrected chi connectivity index (χ2v) is 6.39. The third kappa shape index (κ3) is 6.52. The molecule has 0 aliphatic rings. The summed E-state index contributed by atoms with van der Waals surface area (Å²) in [6, 6.07) is 7.32. The van der Waals surface area contributed by atoms with Crippen LogP contribution in [0.3, 0.4) is 0 Å². The third-order valence-corrected chi connectivity index (χ3v) is 4.69. The lowest BCUT2D eigenvalue weighted by Crippen LogP contribution is -2.29. The van der Waals surface area contributed by atoms with E-state index in [0.717, 1.165) is 17.7 Å². The van der Waals surface area contributed by atoms with Gasteiger partial charge in [0.2, 0.25) is 5.91 Å². The second kappa shape index (κ2) is 10.3. The molecule has 1 rings (SSSR count). The first-order valence-electron chi connectivity index (χ1n) is 7.86. The van der Waals surface area contributed by atoms with E-state index in [2.05, 4.69) is 19.2 Å². The Bertz CT molecular complexity index is 491. The number of hydrogen-bond acceptors (Lipinski definition) is 3. The van der Waals surface area contributed by atoms with E-state index < -0.39 is 0 Å². The smallest absolute Gasteiger partial charge is 0.252 e. The highest BCUT2D eigenvalue weighted by atomic mass is 32.2. The minimum absolute atomic E-state index is 0.0810. The lowest BCUT2D eigenvalue weighted by Gasteiger charge is -2.16. The van der Waals surface area contributed by atoms with Crippen molar-refractivity contribution < 1.29 is 9.59 Å². The van der Waals surface area contributed by atoms with E-state index in [1.807, 2.05) is 18.2 Å². The van der Waals surface area contributed by atoms with Crippen LogP contribution in [0.2, 0.25) is 0 Å². The highest BCUT2D eigenvalue weighted by Crippen LogP contribution is 2.22. The van der Waals surface area contributed by atoms with Gasteiger partial charge in [-0.05, 0) is 24.5 Å². The summed E-state index contributed by atoms with van der Waals surface area (Å²) in [4.78, 5) is 24.1. The quantitative estimate of drug-likeness (QED) is 0.650. The average Bonchev–Trinajstić information content (AvgIpc) is 2.53. The van der Waals surface area contributed by atoms with Crippen LogP contribution in [-0.2, 0) is 4.79 Å². The van der Waals surface area contributed by atoms with E-state index in [4.69, 9.17) is 5.73 Å². The highest BCUT2D eigenvalue weighted by Gasteiger charge is 2.13. The third-order valence-electron chi connectivity index (χ3n) is 3.60. The second-order valence-electron chi connectivity index (χ2n) is 5.38. The normalized spacial score (nSPS) is 11.9. The number of rotatable bonds is 10. The van der Waals surface area contributed by atoms with Crippen LogP contribution in [0, 0.1) is 5.92 Å². The fourth-order valence-electron chi connectivity index (χ4n) is 2.20. The van der Waals surface area contributed by atoms with Gasteiger partial charge in [0.25, 0.3) is 5.91 Å². The lowest BCUT2D eigenvalue weighted by molar-refractivity contribution is -0.115. The molecule has 3 N–H and O–H groups in total. The van der Waals surface area contributed by atoms with Gasteiger partial charge in [0, 0.05) is 11.4 Å². The van der Waals surface area contributed by atoms with Crippen LogP contribution >= 0.6 is 11.8 Å². The van der Waals surface area contributed by atoms with E-state index >= 15 is 0 Å². The van der Waals surface area contributed by atoms with Gasteiger partial charge in [-0.2, -0.15) is 0 Å². The molecule has 1 atom stereocenters. The Hall–Kier alpha value is -1.49. The summed E-state index contributed by atoms with van der Waals surface area (Å²) in [5.74, 6) is 0.237. The first-order chi connectivity index (χ1) is 10.6. The zero-order chi connectivity index (χ0) is 16.4. The summed E-state index contributed by atoms with van der Waals surface area (Å²) in [7, 11) is 0. The SMILES string of the molecule is CCCCC(CC)CNC(=O)c1ccccc1SCC(N)=O. The van der Waals surface area contributed by atoms with Crippen molar-refractivity contribution in [2.24, 2.45) is 11.7 Å². The van der Waals surface area contributed by atoms with Crippen LogP contribution < -0.4 is 11.1 Å². The Morgan fingerprint density at radius 1 is 1.27 bits per heavy atom. The van der Waals surface area contributed by atoms with E-state index in [0.29, 0.717) is 18.0 Å². The molecule has 1 aromatic rings. The largest absolute Gasteiger partial charge is 0.369 e. The molecule has 0 aliphatic carbocycles. The molecule has 5 heteroatoms. The molecule has 0 saturated carbocycles. The van der Waals surface area contributed by atoms with E-state index in [1.54, 1.807) is 6.07 Å². The molecule has 0 aliphatic heterocycles. The zero-order valence-electron chi connectivity index (χ0n) is 13.4. The molecule has 1 aromatic carbocycles. The fourth-order valence-corrected chi connectivity index (χ4v) is 2.99. The van der Waals surface area contributed by atoms with Gasteiger partial charge in [0.15, 0.2) is 0 Å². The van der Waals surface area contributed by atoms with Gasteiger partial charge in [-0.3, -0.25) is 9.59 Å². The number of hydrogen-bond donors (Lipinski definition) is 2. The van der Waals surface area contributed by atoms with Crippen molar-refractivity contribution in [1.29, 1.82) is 0 Å². The van der Waals surface area contributed by atoms with E-state index in [1.165, 1.54) is 24.6 Å². The Labute approximate surface area is 137 Å². The van der Waals surface area contributed by atoms with Crippen molar-refractivity contribution in [3.8, 4) is 0 Å². The van der Waals surface area contributed by atoms with Crippen LogP contribution in [-0.4, -0.2) is 24.1 Å². The average molecular weight is 322 g/mol. The Morgan fingerprint density at radius 2 is 2.00 bits per heavy atom. The lowest BCUT2D eigenvalue weighted by atomic mass is 9.99. The monoisotopic (exact) mass is 322 g/mol. The summed E-state index contributed by atoms with van der Waals surface area (Å²) in [6.45, 7) is 5.03. The van der Waals surface area contributed by atoms with Crippen LogP contribution in [0.4, 0.5) is 0 Å². The number of nitrogens with two attached hydrogens (primary N) is 1. The molecule has 0 bridgehead atoms. The van der Waals surface area contributed by atoms with Crippen molar-refractivity contribution in [3.05, 3.63) is 29.8 Å². The summed E-state index contributed by atoms with van der Waals surface area (Å²) in [5, 5.41) is 3.02. The van der Waals surface area contributed by atoms with Gasteiger partial charge in [0.1, 0.15) is 0 Å². The highest BCUT2D eigenvalue weighted by molar-refractivity contribution is 8.00. The molecule has 0 fully saturated rings. The number of nitrogens with one attached hydrogen (secondary N) is 1. The van der Waals surface area contributed by atoms with Gasteiger partial charge in [-0.15, -0.1) is 11.8 Å². The van der Waals surface area contributed by atoms with Gasteiger partial charge in [0.05, 0.1) is 11.3 Å². The van der Waals surface area contributed by atoms with E-state index in [9.17, 15) is 9.59 Å². The Morgan fingerprint density at radius 3 is 2.64 bits per heavy atom. The van der Waals surface area contributed by atoms with Gasteiger partial charge in [-0.25, -0.2) is 0 Å². The fraction of sp³-hybridized carbons (Fsp3) is 0.529. The number of carbonyl (C=O) groups is 2. The molecule has 0 aromatic heterocycles. The summed E-state index contributed by atoms with van der Waals surface area (Å²) >= 11 is 1.30. The topological polar surface area (TPSA) is 72.2 Å². The molecule has 122 valence electrons. The molecular formula is C17H26N2O2S. The Kier molecular flexibility index (Phi) is 8.67. The standard InChI is InChI=1S/C17H26N2O2S/c1-3-5-8-13(4-2)11-19-17(21)14-9-6-7-10-15(14)22-12-16(18)20/h6-7,9-10,13H,3-5,8,11-12H2,1-2H3,(H2,18,20)(H,19,21). The van der Waals surface area contributed by atoms with Crippen LogP contribution in [0.15, 0.2) is 29.2 Å². The molecule has 1 unspecified atom stereocenters. The van der Waals surface area contributed by atoms with Crippen molar-refractivity contribution in [2.45, 2.75) is 44.4 Å². The van der Waals surface area contributed by atoms with Gasteiger partial charge >= 0.3 is 0 Å². The Balaban J connectivity index is 2.62. The molecule has 0 spiro atoms. The van der Waals surface area contributed by atoms with Crippen LogP contribution in [0.25, 0.3) is 0 Å². The van der Waals surface area contributed by atoms with E-state index in [-0.39, 0.29) is 17.6 Å². The predicted molar refractivity (Wildman–Crippen MR) is 92.0 cm³/mol. The predicted octanol–water partition coefficient (Wildman–Crippen LogP) is 3.21. The zero-order valence-corrected chi connectivity index (χ0v) is 14.2. The minimum atomic E-state index is -0.383. The number of amides is 2. The van der Waals surface area contributed by atoms with Gasteiger partial charge < -0.3 is 11.1 Å². The maximum absolute atomic E-state index is 12.4. The number of unbranched alkanes of at least 4 members (excludes halogenated alkanes) is 1. The first kappa shape index (κ1) is 18.6. The molecule has 22 heavy (non-hydrogen) atoms. The summed E-state index contributed by atoms with van der Waals surface area (Å²) < 4.78 is 0. The molecule has 0 radical (unpaired) electrons. The van der Waals surface area contributed by atoms with Crippen molar-refractivity contribution in [1.82, 2.24) is 5.32 Å². The molecule has 0 heterocycles. The van der Waals surface area contributed by atoms with Crippen molar-refractivity contribution >= 4 is 23.6 Å². The van der Waals surface area contributed by atoms with Crippen LogP contribution in [0.1, 0.15) is 49.9 Å². The first-order valence-corrected chi connectivity index (χ1v) is 8.85. The summed E-state index contributed by atoms with van der Waals surface area (Å²) in [6.07, 6.45) is 4.58. The molecular weight excluding hydrogens is 296 g/mol. The molecule has 2 amide bonds. The maximum Gasteiger partial charge on any atom is 0.252 e. The molecule has 0 saturated heterocycles. The number of thioether (sulfide) groups is 1. The van der Waals surface area contributed by atoms with Crippen molar-refractivity contribution in [3.63, 3.8) is 0 Å². The number of benzene rings is 1.